The van der Waals surface area contributed by atoms with Gasteiger partial charge in [-0.3, -0.25) is 4.99 Å². The number of rotatable bonds is 2. The Hall–Kier alpha value is -0.970. The van der Waals surface area contributed by atoms with E-state index in [0.717, 1.165) is 22.9 Å². The monoisotopic (exact) mass is 257 g/mol. The Labute approximate surface area is 90.9 Å². The first-order chi connectivity index (χ1) is 6.74. The van der Waals surface area contributed by atoms with E-state index in [4.69, 9.17) is 4.42 Å². The fourth-order valence-corrected chi connectivity index (χ4v) is 1.62. The van der Waals surface area contributed by atoms with Gasteiger partial charge in [-0.1, -0.05) is 0 Å². The third-order valence-corrected chi connectivity index (χ3v) is 2.39. The van der Waals surface area contributed by atoms with Crippen molar-refractivity contribution in [3.8, 4) is 0 Å². The molecule has 1 aromatic rings. The number of hydrogen-bond donors (Lipinski definition) is 2. The average Bonchev–Trinajstić information content (AvgIpc) is 2.72. The Morgan fingerprint density at radius 1 is 1.71 bits per heavy atom. The number of nitrogens with zero attached hydrogens (tertiary/aromatic N) is 1. The predicted molar refractivity (Wildman–Crippen MR) is 58.1 cm³/mol. The van der Waals surface area contributed by atoms with Crippen LogP contribution >= 0.6 is 15.9 Å². The van der Waals surface area contributed by atoms with Crippen LogP contribution in [-0.2, 0) is 6.54 Å². The summed E-state index contributed by atoms with van der Waals surface area (Å²) in [5, 5.41) is 6.38. The lowest BCUT2D eigenvalue weighted by Gasteiger charge is -2.06. The van der Waals surface area contributed by atoms with Crippen LogP contribution in [0.3, 0.4) is 0 Å². The van der Waals surface area contributed by atoms with Gasteiger partial charge in [0.1, 0.15) is 5.76 Å². The van der Waals surface area contributed by atoms with Crippen molar-refractivity contribution in [3.63, 3.8) is 0 Å². The number of aliphatic imine (C=N–C) groups is 1. The standard InChI is InChI=1S/C9H12BrN3O/c1-6-4-11-9(13-6)12-5-7-2-3-8(10)14-7/h2-3,6H,4-5H2,1H3,(H2,11,12,13). The minimum absolute atomic E-state index is 0.431. The van der Waals surface area contributed by atoms with E-state index in [9.17, 15) is 0 Å². The fourth-order valence-electron chi connectivity index (χ4n) is 1.28. The van der Waals surface area contributed by atoms with Crippen LogP contribution in [-0.4, -0.2) is 18.5 Å². The zero-order valence-electron chi connectivity index (χ0n) is 7.88. The third-order valence-electron chi connectivity index (χ3n) is 1.97. The Balaban J connectivity index is 1.83. The average molecular weight is 258 g/mol. The first-order valence-corrected chi connectivity index (χ1v) is 5.32. The van der Waals surface area contributed by atoms with Crippen molar-refractivity contribution in [1.29, 1.82) is 0 Å². The molecule has 14 heavy (non-hydrogen) atoms. The SMILES string of the molecule is CC1CN=C(NCc2ccc(Br)o2)N1. The van der Waals surface area contributed by atoms with E-state index in [1.54, 1.807) is 0 Å². The van der Waals surface area contributed by atoms with Gasteiger partial charge in [-0.15, -0.1) is 0 Å². The Kier molecular flexibility index (Phi) is 2.77. The fraction of sp³-hybridized carbons (Fsp3) is 0.444. The summed E-state index contributed by atoms with van der Waals surface area (Å²) >= 11 is 3.25. The van der Waals surface area contributed by atoms with E-state index in [-0.39, 0.29) is 0 Å². The van der Waals surface area contributed by atoms with Crippen LogP contribution in [0.2, 0.25) is 0 Å². The molecule has 2 rings (SSSR count). The highest BCUT2D eigenvalue weighted by Crippen LogP contribution is 2.13. The van der Waals surface area contributed by atoms with Crippen LogP contribution in [0.1, 0.15) is 12.7 Å². The summed E-state index contributed by atoms with van der Waals surface area (Å²) < 4.78 is 6.10. The van der Waals surface area contributed by atoms with E-state index in [0.29, 0.717) is 12.6 Å². The molecule has 5 heteroatoms. The minimum Gasteiger partial charge on any atom is -0.452 e. The maximum atomic E-state index is 5.34. The molecule has 0 spiro atoms. The van der Waals surface area contributed by atoms with Crippen molar-refractivity contribution in [2.24, 2.45) is 4.99 Å². The van der Waals surface area contributed by atoms with Crippen molar-refractivity contribution < 1.29 is 4.42 Å². The molecule has 1 aliphatic heterocycles. The van der Waals surface area contributed by atoms with E-state index in [1.807, 2.05) is 12.1 Å². The van der Waals surface area contributed by atoms with E-state index >= 15 is 0 Å². The predicted octanol–water partition coefficient (Wildman–Crippen LogP) is 1.48. The molecule has 0 aromatic carbocycles. The van der Waals surface area contributed by atoms with Gasteiger partial charge in [0.25, 0.3) is 0 Å². The molecule has 76 valence electrons. The summed E-state index contributed by atoms with van der Waals surface area (Å²) in [6.07, 6.45) is 0. The maximum absolute atomic E-state index is 5.34. The van der Waals surface area contributed by atoms with Gasteiger partial charge in [-0.2, -0.15) is 0 Å². The van der Waals surface area contributed by atoms with Gasteiger partial charge in [0, 0.05) is 6.04 Å². The van der Waals surface area contributed by atoms with E-state index in [2.05, 4.69) is 38.5 Å². The summed E-state index contributed by atoms with van der Waals surface area (Å²) in [5.74, 6) is 1.74. The minimum atomic E-state index is 0.431. The first-order valence-electron chi connectivity index (χ1n) is 4.53. The van der Waals surface area contributed by atoms with Crippen molar-refractivity contribution >= 4 is 21.9 Å². The summed E-state index contributed by atoms with van der Waals surface area (Å²) in [5.41, 5.74) is 0. The maximum Gasteiger partial charge on any atom is 0.191 e. The molecule has 0 saturated carbocycles. The molecule has 1 atom stereocenters. The number of nitrogens with one attached hydrogen (secondary N) is 2. The van der Waals surface area contributed by atoms with Gasteiger partial charge in [0.15, 0.2) is 10.6 Å². The van der Waals surface area contributed by atoms with Gasteiger partial charge < -0.3 is 15.1 Å². The molecule has 0 aliphatic carbocycles. The van der Waals surface area contributed by atoms with E-state index in [1.165, 1.54) is 0 Å². The van der Waals surface area contributed by atoms with Crippen molar-refractivity contribution in [1.82, 2.24) is 10.6 Å². The van der Waals surface area contributed by atoms with Crippen molar-refractivity contribution in [2.75, 3.05) is 6.54 Å². The Morgan fingerprint density at radius 3 is 3.14 bits per heavy atom. The zero-order chi connectivity index (χ0) is 9.97. The topological polar surface area (TPSA) is 49.6 Å². The van der Waals surface area contributed by atoms with Crippen LogP contribution in [0.15, 0.2) is 26.2 Å². The molecule has 0 radical (unpaired) electrons. The molecule has 2 heterocycles. The quantitative estimate of drug-likeness (QED) is 0.844. The second kappa shape index (κ2) is 4.04. The van der Waals surface area contributed by atoms with Gasteiger partial charge in [0.05, 0.1) is 13.1 Å². The summed E-state index contributed by atoms with van der Waals surface area (Å²) in [4.78, 5) is 4.28. The van der Waals surface area contributed by atoms with Gasteiger partial charge in [0.2, 0.25) is 0 Å². The molecular formula is C9H12BrN3O. The van der Waals surface area contributed by atoms with Crippen molar-refractivity contribution in [2.45, 2.75) is 19.5 Å². The lowest BCUT2D eigenvalue weighted by atomic mass is 10.4. The summed E-state index contributed by atoms with van der Waals surface area (Å²) in [6, 6.07) is 4.24. The van der Waals surface area contributed by atoms with Crippen LogP contribution in [0.25, 0.3) is 0 Å². The molecule has 2 N–H and O–H groups in total. The van der Waals surface area contributed by atoms with Gasteiger partial charge in [-0.25, -0.2) is 0 Å². The van der Waals surface area contributed by atoms with Gasteiger partial charge >= 0.3 is 0 Å². The summed E-state index contributed by atoms with van der Waals surface area (Å²) in [6.45, 7) is 3.59. The smallest absolute Gasteiger partial charge is 0.191 e. The second-order valence-corrected chi connectivity index (χ2v) is 4.08. The number of hydrogen-bond acceptors (Lipinski definition) is 4. The number of furan rings is 1. The molecule has 4 nitrogen and oxygen atoms in total. The highest BCUT2D eigenvalue weighted by molar-refractivity contribution is 9.10. The zero-order valence-corrected chi connectivity index (χ0v) is 9.47. The molecule has 1 aliphatic rings. The normalized spacial score (nSPS) is 20.4. The molecular weight excluding hydrogens is 246 g/mol. The second-order valence-electron chi connectivity index (χ2n) is 3.29. The molecule has 0 saturated heterocycles. The van der Waals surface area contributed by atoms with Gasteiger partial charge in [-0.05, 0) is 35.0 Å². The lowest BCUT2D eigenvalue weighted by Crippen LogP contribution is -2.37. The van der Waals surface area contributed by atoms with Crippen LogP contribution in [0.5, 0.6) is 0 Å². The van der Waals surface area contributed by atoms with Crippen LogP contribution in [0.4, 0.5) is 0 Å². The highest BCUT2D eigenvalue weighted by atomic mass is 79.9. The summed E-state index contributed by atoms with van der Waals surface area (Å²) in [7, 11) is 0. The molecule has 1 aromatic heterocycles. The number of halogens is 1. The number of guanidine groups is 1. The molecule has 0 amide bonds. The Morgan fingerprint density at radius 2 is 2.57 bits per heavy atom. The van der Waals surface area contributed by atoms with Crippen LogP contribution in [0, 0.1) is 0 Å². The molecule has 0 bridgehead atoms. The van der Waals surface area contributed by atoms with Crippen LogP contribution < -0.4 is 10.6 Å². The molecule has 0 fully saturated rings. The Bertz CT molecular complexity index is 348. The lowest BCUT2D eigenvalue weighted by molar-refractivity contribution is 0.481. The largest absolute Gasteiger partial charge is 0.452 e. The van der Waals surface area contributed by atoms with E-state index < -0.39 is 0 Å². The van der Waals surface area contributed by atoms with Crippen molar-refractivity contribution in [3.05, 3.63) is 22.6 Å². The first kappa shape index (κ1) is 9.58. The highest BCUT2D eigenvalue weighted by Gasteiger charge is 2.11. The molecule has 1 unspecified atom stereocenters. The third kappa shape index (κ3) is 2.29.